The predicted molar refractivity (Wildman–Crippen MR) is 129 cm³/mol. The fourth-order valence-electron chi connectivity index (χ4n) is 3.28. The molecule has 0 aromatic heterocycles. The van der Waals surface area contributed by atoms with E-state index in [0.717, 1.165) is 0 Å². The third-order valence-corrected chi connectivity index (χ3v) is 6.35. The predicted octanol–water partition coefficient (Wildman–Crippen LogP) is 6.94. The summed E-state index contributed by atoms with van der Waals surface area (Å²) >= 11 is 8.07. The molecule has 6 nitrogen and oxygen atoms in total. The van der Waals surface area contributed by atoms with Gasteiger partial charge in [0, 0.05) is 11.1 Å². The van der Waals surface area contributed by atoms with Gasteiger partial charge in [-0.3, -0.25) is 0 Å². The van der Waals surface area contributed by atoms with E-state index in [1.165, 1.54) is 0 Å². The first-order chi connectivity index (χ1) is 15.4. The van der Waals surface area contributed by atoms with Gasteiger partial charge in [0.25, 0.3) is 0 Å². The van der Waals surface area contributed by atoms with Crippen LogP contribution in [0.4, 0.5) is 0 Å². The minimum absolute atomic E-state index is 0. The van der Waals surface area contributed by atoms with E-state index in [1.807, 2.05) is 41.6 Å². The van der Waals surface area contributed by atoms with Crippen molar-refractivity contribution in [2.75, 3.05) is 6.79 Å². The Balaban J connectivity index is 0.00000125. The maximum Gasteiger partial charge on any atom is 0.231 e. The minimum Gasteiger partial charge on any atom is -0.672 e. The number of halogens is 2. The van der Waals surface area contributed by atoms with E-state index < -0.39 is 27.9 Å². The van der Waals surface area contributed by atoms with E-state index in [1.54, 1.807) is 48.5 Å². The number of hydrogen-bond acceptors (Lipinski definition) is 4. The van der Waals surface area contributed by atoms with E-state index in [-0.39, 0.29) is 19.2 Å². The second-order valence-corrected chi connectivity index (χ2v) is 8.94. The molecule has 176 valence electrons. The van der Waals surface area contributed by atoms with Crippen molar-refractivity contribution in [1.29, 1.82) is 0 Å². The van der Waals surface area contributed by atoms with E-state index >= 15 is 0 Å². The molecule has 1 aliphatic heterocycles. The number of nitrogens with zero attached hydrogens (tertiary/aromatic N) is 1. The zero-order valence-corrected chi connectivity index (χ0v) is 21.7. The van der Waals surface area contributed by atoms with Crippen molar-refractivity contribution in [3.8, 4) is 11.5 Å². The summed E-state index contributed by atoms with van der Waals surface area (Å²) in [5.74, 6) is 0.537. The molecule has 10 heteroatoms. The summed E-state index contributed by atoms with van der Waals surface area (Å²) in [7, 11) is 0.618. The summed E-state index contributed by atoms with van der Waals surface area (Å²) in [5.41, 5.74) is 10.4. The van der Waals surface area contributed by atoms with Gasteiger partial charge < -0.3 is 27.4 Å². The first-order valence-electron chi connectivity index (χ1n) is 9.40. The van der Waals surface area contributed by atoms with E-state index in [9.17, 15) is 8.42 Å². The van der Waals surface area contributed by atoms with Crippen LogP contribution in [-0.4, -0.2) is 15.2 Å². The molecule has 1 aliphatic rings. The van der Waals surface area contributed by atoms with Gasteiger partial charge in [0.2, 0.25) is 6.79 Å². The van der Waals surface area contributed by atoms with Crippen molar-refractivity contribution in [1.82, 2.24) is 0 Å². The van der Waals surface area contributed by atoms with Gasteiger partial charge >= 0.3 is 27.0 Å². The summed E-state index contributed by atoms with van der Waals surface area (Å²) < 4.78 is 40.7. The number of hydrogen-bond donors (Lipinski definition) is 0. The van der Waals surface area contributed by atoms with Gasteiger partial charge in [0.05, 0.1) is 15.8 Å². The molecule has 0 saturated heterocycles. The van der Waals surface area contributed by atoms with Gasteiger partial charge in [-0.1, -0.05) is 83.4 Å². The zero-order valence-electron chi connectivity index (χ0n) is 17.6. The molecule has 0 radical (unpaired) electrons. The SMILES string of the molecule is [CH3-].[Cl][Ru+3].[NH-]C(c1ccccc1)C([N-]S(=O)(=O)Cc1cc2c(cc1Cl)OCO2)c1ccccc1. The van der Waals surface area contributed by atoms with Gasteiger partial charge in [-0.25, -0.2) is 8.42 Å². The molecule has 0 bridgehead atoms. The smallest absolute Gasteiger partial charge is 0.231 e. The number of rotatable bonds is 7. The fourth-order valence-corrected chi connectivity index (χ4v) is 4.88. The number of ether oxygens (including phenoxy) is 2. The molecule has 1 heterocycles. The summed E-state index contributed by atoms with van der Waals surface area (Å²) in [6.45, 7) is 0.0694. The number of sulfonamides is 1. The molecule has 0 saturated carbocycles. The van der Waals surface area contributed by atoms with Crippen LogP contribution in [0.3, 0.4) is 0 Å². The topological polar surface area (TPSA) is 90.5 Å². The van der Waals surface area contributed by atoms with Crippen LogP contribution >= 0.6 is 21.3 Å². The summed E-state index contributed by atoms with van der Waals surface area (Å²) in [4.78, 5) is 0. The van der Waals surface area contributed by atoms with Crippen molar-refractivity contribution in [3.05, 3.63) is 112 Å². The van der Waals surface area contributed by atoms with Crippen molar-refractivity contribution < 1.29 is 35.2 Å². The van der Waals surface area contributed by atoms with Crippen molar-refractivity contribution in [3.63, 3.8) is 0 Å². The second-order valence-electron chi connectivity index (χ2n) is 6.87. The number of fused-ring (bicyclic) bond motifs is 1. The van der Waals surface area contributed by atoms with Crippen LogP contribution in [0.15, 0.2) is 72.8 Å². The Labute approximate surface area is 214 Å². The monoisotopic (exact) mass is 594 g/mol. The summed E-state index contributed by atoms with van der Waals surface area (Å²) in [6, 6.07) is 19.4. The zero-order chi connectivity index (χ0) is 23.1. The van der Waals surface area contributed by atoms with Gasteiger partial charge in [-0.15, -0.1) is 12.1 Å². The molecule has 4 rings (SSSR count). The maximum atomic E-state index is 13.0. The molecule has 3 aromatic rings. The van der Waals surface area contributed by atoms with Crippen molar-refractivity contribution in [2.24, 2.45) is 0 Å². The molecule has 1 N–H and O–H groups in total. The summed E-state index contributed by atoms with van der Waals surface area (Å²) in [5, 5.41) is 0.264. The van der Waals surface area contributed by atoms with Crippen molar-refractivity contribution >= 4 is 31.3 Å². The largest absolute Gasteiger partial charge is 0.672 e. The molecule has 3 aromatic carbocycles. The molecule has 2 unspecified atom stereocenters. The maximum absolute atomic E-state index is 13.0. The molecule has 2 atom stereocenters. The van der Waals surface area contributed by atoms with Crippen LogP contribution in [0.1, 0.15) is 28.8 Å². The van der Waals surface area contributed by atoms with Gasteiger partial charge in [0.15, 0.2) is 11.5 Å². The Morgan fingerprint density at radius 1 is 0.939 bits per heavy atom. The Morgan fingerprint density at radius 3 is 2.03 bits per heavy atom. The molecule has 0 amide bonds. The van der Waals surface area contributed by atoms with Gasteiger partial charge in [-0.2, -0.15) is 0 Å². The van der Waals surface area contributed by atoms with Crippen LogP contribution in [0.25, 0.3) is 10.5 Å². The normalized spacial score (nSPS) is 13.8. The molecule has 0 fully saturated rings. The van der Waals surface area contributed by atoms with E-state index in [4.69, 9.17) is 26.8 Å². The standard InChI is InChI=1S/C22H19ClN2O4S.CH3.ClH.Ru/c23-18-12-20-19(28-14-29-20)11-17(18)13-30(26,27)25-22(16-9-5-2-6-10-16)21(24)15-7-3-1-4-8-15;;;/h1-12,21-22,24H,13-14H2;1H3;1H;/q-2;-1;;+4/p-1. The quantitative estimate of drug-likeness (QED) is 0.219. The van der Waals surface area contributed by atoms with Crippen molar-refractivity contribution in [2.45, 2.75) is 17.8 Å². The molecule has 33 heavy (non-hydrogen) atoms. The first kappa shape index (κ1) is 27.6. The average molecular weight is 594 g/mol. The average Bonchev–Trinajstić information content (AvgIpc) is 3.26. The first-order valence-corrected chi connectivity index (χ1v) is 13.6. The second kappa shape index (κ2) is 12.7. The molecule has 0 spiro atoms. The number of benzene rings is 3. The van der Waals surface area contributed by atoms with Crippen LogP contribution in [0.5, 0.6) is 11.5 Å². The van der Waals surface area contributed by atoms with Crippen LogP contribution < -0.4 is 9.47 Å². The fraction of sp³-hybridized carbons (Fsp3) is 0.174. The molecular formula is C23H22Cl2N2O4RuS. The van der Waals surface area contributed by atoms with Crippen LogP contribution in [-0.2, 0) is 33.1 Å². The van der Waals surface area contributed by atoms with E-state index in [2.05, 4.69) is 14.4 Å². The summed E-state index contributed by atoms with van der Waals surface area (Å²) in [6.07, 6.45) is 0. The third-order valence-electron chi connectivity index (χ3n) is 4.77. The van der Waals surface area contributed by atoms with Gasteiger partial charge in [0.1, 0.15) is 0 Å². The van der Waals surface area contributed by atoms with Crippen LogP contribution in [0, 0.1) is 7.43 Å². The Kier molecular flexibility index (Phi) is 10.6. The third kappa shape index (κ3) is 7.16. The number of nitrogens with one attached hydrogen (secondary N) is 1. The molecule has 0 aliphatic carbocycles. The minimum atomic E-state index is -3.95. The molecular weight excluding hydrogens is 572 g/mol. The van der Waals surface area contributed by atoms with Crippen LogP contribution in [0.2, 0.25) is 5.02 Å². The van der Waals surface area contributed by atoms with Gasteiger partial charge in [-0.05, 0) is 11.6 Å². The van der Waals surface area contributed by atoms with E-state index in [0.29, 0.717) is 28.2 Å². The Morgan fingerprint density at radius 2 is 1.45 bits per heavy atom. The Bertz CT molecular complexity index is 1140. The Hall–Kier alpha value is -1.67.